The molecule has 0 aliphatic heterocycles. The topological polar surface area (TPSA) is 50.9 Å². The molecule has 1 heterocycles. The van der Waals surface area contributed by atoms with Gasteiger partial charge in [-0.25, -0.2) is 4.98 Å². The number of nitrogens with one attached hydrogen (secondary N) is 1. The summed E-state index contributed by atoms with van der Waals surface area (Å²) in [6.07, 6.45) is -3.27. The van der Waals surface area contributed by atoms with Gasteiger partial charge in [0.15, 0.2) is 0 Å². The number of hydrogen-bond donors (Lipinski definition) is 2. The number of aromatic nitrogens is 1. The van der Waals surface area contributed by atoms with Crippen LogP contribution in [-0.4, -0.2) is 17.7 Å². The molecule has 3 nitrogen and oxygen atoms in total. The van der Waals surface area contributed by atoms with Crippen molar-refractivity contribution in [3.63, 3.8) is 0 Å². The van der Waals surface area contributed by atoms with E-state index < -0.39 is 12.6 Å². The molecule has 0 amide bonds. The van der Waals surface area contributed by atoms with Crippen molar-refractivity contribution in [1.82, 2.24) is 4.98 Å². The zero-order chi connectivity index (χ0) is 12.2. The molecule has 0 atom stereocenters. The number of rotatable bonds is 4. The number of nitrogen functional groups attached to an aromatic ring is 1. The molecule has 0 bridgehead atoms. The standard InChI is InChI=1S/C10H14F3N3/c1-7-6-16-9(5-8(7)14)15-4-2-3-10(11,12)13/h5-6H,2-4H2,1H3,(H3,14,15,16). The van der Waals surface area contributed by atoms with Crippen LogP contribution in [0.4, 0.5) is 24.7 Å². The summed E-state index contributed by atoms with van der Waals surface area (Å²) in [6.45, 7) is 2.05. The second-order valence-corrected chi connectivity index (χ2v) is 3.57. The van der Waals surface area contributed by atoms with Crippen LogP contribution >= 0.6 is 0 Å². The Morgan fingerprint density at radius 1 is 1.44 bits per heavy atom. The molecule has 0 saturated carbocycles. The zero-order valence-corrected chi connectivity index (χ0v) is 8.93. The quantitative estimate of drug-likeness (QED) is 0.786. The Labute approximate surface area is 91.9 Å². The third kappa shape index (κ3) is 4.37. The Morgan fingerprint density at radius 2 is 2.12 bits per heavy atom. The van der Waals surface area contributed by atoms with Gasteiger partial charge in [0.1, 0.15) is 5.82 Å². The van der Waals surface area contributed by atoms with E-state index in [0.717, 1.165) is 5.56 Å². The summed E-state index contributed by atoms with van der Waals surface area (Å²) in [6, 6.07) is 1.61. The van der Waals surface area contributed by atoms with Crippen molar-refractivity contribution in [3.05, 3.63) is 17.8 Å². The molecule has 0 radical (unpaired) electrons. The molecule has 1 rings (SSSR count). The average molecular weight is 233 g/mol. The molecule has 0 fully saturated rings. The summed E-state index contributed by atoms with van der Waals surface area (Å²) in [7, 11) is 0. The Morgan fingerprint density at radius 3 is 2.69 bits per heavy atom. The first-order valence-electron chi connectivity index (χ1n) is 4.91. The largest absolute Gasteiger partial charge is 0.398 e. The molecule has 16 heavy (non-hydrogen) atoms. The van der Waals surface area contributed by atoms with Gasteiger partial charge in [0, 0.05) is 30.9 Å². The molecular weight excluding hydrogens is 219 g/mol. The Kier molecular flexibility index (Phi) is 3.98. The number of pyridine rings is 1. The van der Waals surface area contributed by atoms with Gasteiger partial charge in [-0.3, -0.25) is 0 Å². The molecule has 0 unspecified atom stereocenters. The highest BCUT2D eigenvalue weighted by molar-refractivity contribution is 5.53. The van der Waals surface area contributed by atoms with Gasteiger partial charge in [-0.1, -0.05) is 0 Å². The Bertz CT molecular complexity index is 350. The highest BCUT2D eigenvalue weighted by atomic mass is 19.4. The van der Waals surface area contributed by atoms with Gasteiger partial charge < -0.3 is 11.1 Å². The van der Waals surface area contributed by atoms with Gasteiger partial charge >= 0.3 is 6.18 Å². The summed E-state index contributed by atoms with van der Waals surface area (Å²) >= 11 is 0. The van der Waals surface area contributed by atoms with Crippen molar-refractivity contribution in [2.75, 3.05) is 17.6 Å². The van der Waals surface area contributed by atoms with E-state index in [9.17, 15) is 13.2 Å². The van der Waals surface area contributed by atoms with Crippen LogP contribution in [0.25, 0.3) is 0 Å². The fourth-order valence-electron chi connectivity index (χ4n) is 1.14. The third-order valence-electron chi connectivity index (χ3n) is 2.09. The lowest BCUT2D eigenvalue weighted by atomic mass is 10.2. The van der Waals surface area contributed by atoms with E-state index in [1.54, 1.807) is 12.3 Å². The van der Waals surface area contributed by atoms with Gasteiger partial charge in [0.2, 0.25) is 0 Å². The van der Waals surface area contributed by atoms with E-state index in [1.807, 2.05) is 6.92 Å². The molecule has 3 N–H and O–H groups in total. The SMILES string of the molecule is Cc1cnc(NCCCC(F)(F)F)cc1N. The van der Waals surface area contributed by atoms with E-state index in [1.165, 1.54) is 0 Å². The van der Waals surface area contributed by atoms with Crippen LogP contribution < -0.4 is 11.1 Å². The van der Waals surface area contributed by atoms with Crippen molar-refractivity contribution >= 4 is 11.5 Å². The smallest absolute Gasteiger partial charge is 0.389 e. The van der Waals surface area contributed by atoms with Crippen LogP contribution in [-0.2, 0) is 0 Å². The molecule has 90 valence electrons. The predicted molar refractivity (Wildman–Crippen MR) is 57.2 cm³/mol. The lowest BCUT2D eigenvalue weighted by Crippen LogP contribution is -2.11. The highest BCUT2D eigenvalue weighted by Crippen LogP contribution is 2.21. The van der Waals surface area contributed by atoms with Gasteiger partial charge in [0.05, 0.1) is 0 Å². The number of aryl methyl sites for hydroxylation is 1. The van der Waals surface area contributed by atoms with E-state index >= 15 is 0 Å². The molecule has 1 aromatic rings. The summed E-state index contributed by atoms with van der Waals surface area (Å²) in [5.74, 6) is 0.505. The number of halogens is 3. The molecule has 0 aliphatic rings. The van der Waals surface area contributed by atoms with Crippen molar-refractivity contribution < 1.29 is 13.2 Å². The van der Waals surface area contributed by atoms with E-state index in [2.05, 4.69) is 10.3 Å². The van der Waals surface area contributed by atoms with Crippen LogP contribution in [0.1, 0.15) is 18.4 Å². The Balaban J connectivity index is 2.35. The van der Waals surface area contributed by atoms with Crippen molar-refractivity contribution in [3.8, 4) is 0 Å². The van der Waals surface area contributed by atoms with Crippen molar-refractivity contribution in [2.45, 2.75) is 25.9 Å². The van der Waals surface area contributed by atoms with Crippen LogP contribution in [0.3, 0.4) is 0 Å². The first-order valence-corrected chi connectivity index (χ1v) is 4.91. The summed E-state index contributed by atoms with van der Waals surface area (Å²) in [5.41, 5.74) is 7.06. The van der Waals surface area contributed by atoms with Gasteiger partial charge in [-0.2, -0.15) is 13.2 Å². The van der Waals surface area contributed by atoms with Crippen LogP contribution in [0.15, 0.2) is 12.3 Å². The second-order valence-electron chi connectivity index (χ2n) is 3.57. The van der Waals surface area contributed by atoms with E-state index in [-0.39, 0.29) is 13.0 Å². The number of alkyl halides is 3. The Hall–Kier alpha value is -1.46. The van der Waals surface area contributed by atoms with Gasteiger partial charge in [0.25, 0.3) is 0 Å². The summed E-state index contributed by atoms with van der Waals surface area (Å²) < 4.78 is 35.5. The molecular formula is C10H14F3N3. The molecule has 0 saturated heterocycles. The maximum absolute atomic E-state index is 11.8. The minimum Gasteiger partial charge on any atom is -0.398 e. The molecule has 1 aromatic heterocycles. The third-order valence-corrected chi connectivity index (χ3v) is 2.09. The van der Waals surface area contributed by atoms with Crippen molar-refractivity contribution in [2.24, 2.45) is 0 Å². The molecule has 0 aliphatic carbocycles. The van der Waals surface area contributed by atoms with Crippen LogP contribution in [0.5, 0.6) is 0 Å². The fraction of sp³-hybridized carbons (Fsp3) is 0.500. The first-order chi connectivity index (χ1) is 7.38. The van der Waals surface area contributed by atoms with E-state index in [4.69, 9.17) is 5.73 Å². The lowest BCUT2D eigenvalue weighted by molar-refractivity contribution is -0.134. The summed E-state index contributed by atoms with van der Waals surface area (Å²) in [4.78, 5) is 4.00. The predicted octanol–water partition coefficient (Wildman–Crippen LogP) is 2.73. The minimum atomic E-state index is -4.10. The van der Waals surface area contributed by atoms with Crippen molar-refractivity contribution in [1.29, 1.82) is 0 Å². The lowest BCUT2D eigenvalue weighted by Gasteiger charge is -2.08. The maximum Gasteiger partial charge on any atom is 0.389 e. The number of anilines is 2. The molecule has 0 spiro atoms. The fourth-order valence-corrected chi connectivity index (χ4v) is 1.14. The number of hydrogen-bond acceptors (Lipinski definition) is 3. The molecule has 6 heteroatoms. The average Bonchev–Trinajstić information content (AvgIpc) is 2.17. The van der Waals surface area contributed by atoms with Crippen LogP contribution in [0, 0.1) is 6.92 Å². The number of nitrogens with zero attached hydrogens (tertiary/aromatic N) is 1. The second kappa shape index (κ2) is 5.05. The minimum absolute atomic E-state index is 0.0267. The monoisotopic (exact) mass is 233 g/mol. The van der Waals surface area contributed by atoms with Gasteiger partial charge in [-0.15, -0.1) is 0 Å². The normalized spacial score (nSPS) is 11.5. The van der Waals surface area contributed by atoms with E-state index in [0.29, 0.717) is 11.5 Å². The van der Waals surface area contributed by atoms with Gasteiger partial charge in [-0.05, 0) is 18.9 Å². The zero-order valence-electron chi connectivity index (χ0n) is 8.93. The van der Waals surface area contributed by atoms with Crippen LogP contribution in [0.2, 0.25) is 0 Å². The first kappa shape index (κ1) is 12.6. The number of nitrogens with two attached hydrogens (primary N) is 1. The molecule has 0 aromatic carbocycles. The summed E-state index contributed by atoms with van der Waals surface area (Å²) in [5, 5.41) is 2.79. The highest BCUT2D eigenvalue weighted by Gasteiger charge is 2.25. The maximum atomic E-state index is 11.8.